The van der Waals surface area contributed by atoms with Gasteiger partial charge in [-0.2, -0.15) is 0 Å². The lowest BCUT2D eigenvalue weighted by Gasteiger charge is -2.11. The van der Waals surface area contributed by atoms with Gasteiger partial charge in [0.1, 0.15) is 11.6 Å². The van der Waals surface area contributed by atoms with Gasteiger partial charge < -0.3 is 15.4 Å². The first-order valence-electron chi connectivity index (χ1n) is 8.56. The zero-order valence-electron chi connectivity index (χ0n) is 15.1. The van der Waals surface area contributed by atoms with E-state index in [0.717, 1.165) is 11.4 Å². The number of nitrogens with zero attached hydrogens (tertiary/aromatic N) is 1. The Morgan fingerprint density at radius 1 is 1.00 bits per heavy atom. The average molecular weight is 382 g/mol. The van der Waals surface area contributed by atoms with Crippen LogP contribution in [0.25, 0.3) is 0 Å². The van der Waals surface area contributed by atoms with Crippen LogP contribution in [0.3, 0.4) is 0 Å². The first-order chi connectivity index (χ1) is 13.0. The molecule has 5 nitrogen and oxygen atoms in total. The molecule has 0 saturated heterocycles. The van der Waals surface area contributed by atoms with Crippen LogP contribution in [0.15, 0.2) is 66.9 Å². The second-order valence-corrected chi connectivity index (χ2v) is 6.64. The number of nitrogens with one attached hydrogen (secondary N) is 2. The van der Waals surface area contributed by atoms with E-state index in [4.69, 9.17) is 16.3 Å². The molecule has 0 atom stereocenters. The van der Waals surface area contributed by atoms with E-state index >= 15 is 0 Å². The molecule has 0 unspecified atom stereocenters. The molecular weight excluding hydrogens is 362 g/mol. The molecular formula is C21H20ClN3O2. The maximum absolute atomic E-state index is 12.4. The van der Waals surface area contributed by atoms with Crippen LogP contribution < -0.4 is 15.4 Å². The molecule has 0 aliphatic rings. The fraction of sp³-hybridized carbons (Fsp3) is 0.143. The van der Waals surface area contributed by atoms with Crippen LogP contribution in [0.2, 0.25) is 5.02 Å². The lowest BCUT2D eigenvalue weighted by atomic mass is 10.2. The van der Waals surface area contributed by atoms with Gasteiger partial charge in [-0.05, 0) is 74.5 Å². The summed E-state index contributed by atoms with van der Waals surface area (Å²) in [6.07, 6.45) is 1.72. The van der Waals surface area contributed by atoms with Gasteiger partial charge in [-0.1, -0.05) is 11.6 Å². The van der Waals surface area contributed by atoms with Crippen LogP contribution in [0, 0.1) is 0 Å². The molecule has 0 saturated carbocycles. The Morgan fingerprint density at radius 2 is 1.67 bits per heavy atom. The van der Waals surface area contributed by atoms with E-state index in [1.165, 1.54) is 0 Å². The standard InChI is InChI=1S/C21H20ClN3O2/c1-14(2)27-19-9-7-17(8-10-19)24-20-13-15(11-12-23-20)21(26)25-18-5-3-16(22)4-6-18/h3-14H,1-2H3,(H,23,24)(H,25,26). The van der Waals surface area contributed by atoms with Crippen molar-refractivity contribution in [3.05, 3.63) is 77.4 Å². The molecule has 0 aliphatic carbocycles. The Hall–Kier alpha value is -3.05. The second kappa shape index (κ2) is 8.56. The predicted molar refractivity (Wildman–Crippen MR) is 109 cm³/mol. The Bertz CT molecular complexity index is 909. The number of hydrogen-bond donors (Lipinski definition) is 2. The van der Waals surface area contributed by atoms with Gasteiger partial charge in [-0.25, -0.2) is 4.98 Å². The van der Waals surface area contributed by atoms with Crippen molar-refractivity contribution < 1.29 is 9.53 Å². The minimum absolute atomic E-state index is 0.126. The van der Waals surface area contributed by atoms with Gasteiger partial charge in [-0.3, -0.25) is 4.79 Å². The number of carbonyl (C=O) groups excluding carboxylic acids is 1. The fourth-order valence-corrected chi connectivity index (χ4v) is 2.54. The summed E-state index contributed by atoms with van der Waals surface area (Å²) in [5.41, 5.74) is 2.03. The number of hydrogen-bond acceptors (Lipinski definition) is 4. The monoisotopic (exact) mass is 381 g/mol. The van der Waals surface area contributed by atoms with Gasteiger partial charge in [0.05, 0.1) is 6.10 Å². The number of rotatable bonds is 6. The lowest BCUT2D eigenvalue weighted by molar-refractivity contribution is 0.102. The Kier molecular flexibility index (Phi) is 5.94. The Balaban J connectivity index is 1.67. The van der Waals surface area contributed by atoms with Crippen molar-refractivity contribution >= 4 is 34.7 Å². The van der Waals surface area contributed by atoms with Crippen LogP contribution in [-0.4, -0.2) is 17.0 Å². The van der Waals surface area contributed by atoms with Crippen LogP contribution in [-0.2, 0) is 0 Å². The van der Waals surface area contributed by atoms with Crippen molar-refractivity contribution in [2.24, 2.45) is 0 Å². The predicted octanol–water partition coefficient (Wildman–Crippen LogP) is 5.52. The molecule has 1 aromatic heterocycles. The molecule has 2 aromatic carbocycles. The molecule has 0 bridgehead atoms. The largest absolute Gasteiger partial charge is 0.491 e. The van der Waals surface area contributed by atoms with Crippen LogP contribution in [0.5, 0.6) is 5.75 Å². The van der Waals surface area contributed by atoms with Crippen molar-refractivity contribution in [2.45, 2.75) is 20.0 Å². The van der Waals surface area contributed by atoms with Crippen molar-refractivity contribution in [1.82, 2.24) is 4.98 Å². The van der Waals surface area contributed by atoms with E-state index in [1.54, 1.807) is 42.6 Å². The summed E-state index contributed by atoms with van der Waals surface area (Å²) in [4.78, 5) is 16.7. The molecule has 2 N–H and O–H groups in total. The molecule has 1 heterocycles. The quantitative estimate of drug-likeness (QED) is 0.590. The SMILES string of the molecule is CC(C)Oc1ccc(Nc2cc(C(=O)Nc3ccc(Cl)cc3)ccn2)cc1. The number of benzene rings is 2. The highest BCUT2D eigenvalue weighted by Crippen LogP contribution is 2.21. The highest BCUT2D eigenvalue weighted by Gasteiger charge is 2.08. The second-order valence-electron chi connectivity index (χ2n) is 6.21. The summed E-state index contributed by atoms with van der Waals surface area (Å²) in [6.45, 7) is 3.97. The summed E-state index contributed by atoms with van der Waals surface area (Å²) in [5, 5.41) is 6.64. The number of aromatic nitrogens is 1. The van der Waals surface area contributed by atoms with Crippen molar-refractivity contribution in [1.29, 1.82) is 0 Å². The molecule has 0 spiro atoms. The van der Waals surface area contributed by atoms with Gasteiger partial charge >= 0.3 is 0 Å². The van der Waals surface area contributed by atoms with Crippen molar-refractivity contribution in [3.8, 4) is 5.75 Å². The third-order valence-corrected chi connectivity index (χ3v) is 3.87. The summed E-state index contributed by atoms with van der Waals surface area (Å²) in [5.74, 6) is 1.17. The molecule has 138 valence electrons. The van der Waals surface area contributed by atoms with E-state index in [0.29, 0.717) is 22.1 Å². The molecule has 0 fully saturated rings. The van der Waals surface area contributed by atoms with Gasteiger partial charge in [0.15, 0.2) is 0 Å². The number of pyridine rings is 1. The van der Waals surface area contributed by atoms with E-state index < -0.39 is 0 Å². The number of carbonyl (C=O) groups is 1. The normalized spacial score (nSPS) is 10.5. The van der Waals surface area contributed by atoms with E-state index in [9.17, 15) is 4.79 Å². The van der Waals surface area contributed by atoms with Gasteiger partial charge in [-0.15, -0.1) is 0 Å². The number of anilines is 3. The average Bonchev–Trinajstić information content (AvgIpc) is 2.65. The minimum Gasteiger partial charge on any atom is -0.491 e. The molecule has 3 rings (SSSR count). The zero-order valence-corrected chi connectivity index (χ0v) is 15.8. The zero-order chi connectivity index (χ0) is 19.2. The number of amides is 1. The van der Waals surface area contributed by atoms with Gasteiger partial charge in [0.25, 0.3) is 5.91 Å². The summed E-state index contributed by atoms with van der Waals surface area (Å²) in [7, 11) is 0. The van der Waals surface area contributed by atoms with Crippen LogP contribution in [0.4, 0.5) is 17.2 Å². The molecule has 0 aliphatic heterocycles. The smallest absolute Gasteiger partial charge is 0.255 e. The highest BCUT2D eigenvalue weighted by atomic mass is 35.5. The van der Waals surface area contributed by atoms with Gasteiger partial charge in [0, 0.05) is 28.2 Å². The maximum Gasteiger partial charge on any atom is 0.255 e. The highest BCUT2D eigenvalue weighted by molar-refractivity contribution is 6.30. The molecule has 1 amide bonds. The molecule has 3 aromatic rings. The van der Waals surface area contributed by atoms with Crippen molar-refractivity contribution in [3.63, 3.8) is 0 Å². The summed E-state index contributed by atoms with van der Waals surface area (Å²) in [6, 6.07) is 17.9. The molecule has 0 radical (unpaired) electrons. The number of ether oxygens (including phenoxy) is 1. The third kappa shape index (κ3) is 5.46. The van der Waals surface area contributed by atoms with Crippen LogP contribution >= 0.6 is 11.6 Å². The number of halogens is 1. The third-order valence-electron chi connectivity index (χ3n) is 3.62. The molecule has 6 heteroatoms. The maximum atomic E-state index is 12.4. The van der Waals surface area contributed by atoms with Gasteiger partial charge in [0.2, 0.25) is 0 Å². The summed E-state index contributed by atoms with van der Waals surface area (Å²) >= 11 is 5.86. The fourth-order valence-electron chi connectivity index (χ4n) is 2.41. The minimum atomic E-state index is -0.219. The lowest BCUT2D eigenvalue weighted by Crippen LogP contribution is -2.12. The van der Waals surface area contributed by atoms with Crippen LogP contribution in [0.1, 0.15) is 24.2 Å². The van der Waals surface area contributed by atoms with E-state index in [2.05, 4.69) is 15.6 Å². The van der Waals surface area contributed by atoms with E-state index in [-0.39, 0.29) is 12.0 Å². The first-order valence-corrected chi connectivity index (χ1v) is 8.94. The van der Waals surface area contributed by atoms with Crippen molar-refractivity contribution in [2.75, 3.05) is 10.6 Å². The van der Waals surface area contributed by atoms with E-state index in [1.807, 2.05) is 38.1 Å². The topological polar surface area (TPSA) is 63.2 Å². The summed E-state index contributed by atoms with van der Waals surface area (Å²) < 4.78 is 5.63. The Labute approximate surface area is 163 Å². The first kappa shape index (κ1) is 18.7. The molecule has 27 heavy (non-hydrogen) atoms. The Morgan fingerprint density at radius 3 is 2.33 bits per heavy atom.